The third-order valence-corrected chi connectivity index (χ3v) is 3.59. The maximum atomic E-state index is 12.5. The molecule has 1 aliphatic rings. The van der Waals surface area contributed by atoms with E-state index in [4.69, 9.17) is 0 Å². The monoisotopic (exact) mass is 304 g/mol. The highest BCUT2D eigenvalue weighted by Crippen LogP contribution is 2.32. The van der Waals surface area contributed by atoms with Gasteiger partial charge in [-0.25, -0.2) is 0 Å². The predicted molar refractivity (Wildman–Crippen MR) is 75.6 cm³/mol. The van der Waals surface area contributed by atoms with Crippen LogP contribution in [-0.4, -0.2) is 10.9 Å². The molecule has 0 heterocycles. The number of rotatable bonds is 1. The van der Waals surface area contributed by atoms with Crippen molar-refractivity contribution in [3.05, 3.63) is 70.3 Å². The van der Waals surface area contributed by atoms with E-state index in [9.17, 15) is 23.1 Å². The van der Waals surface area contributed by atoms with Gasteiger partial charge in [0.15, 0.2) is 5.78 Å². The maximum Gasteiger partial charge on any atom is 0.416 e. The van der Waals surface area contributed by atoms with Gasteiger partial charge in [0.25, 0.3) is 0 Å². The van der Waals surface area contributed by atoms with Gasteiger partial charge in [0.1, 0.15) is 5.75 Å². The zero-order chi connectivity index (χ0) is 15.9. The summed E-state index contributed by atoms with van der Waals surface area (Å²) in [6.07, 6.45) is -2.38. The molecule has 0 aromatic heterocycles. The fourth-order valence-electron chi connectivity index (χ4n) is 2.47. The number of hydrogen-bond donors (Lipinski definition) is 1. The SMILES string of the molecule is O=C1C(=Cc2ccc(C(F)(F)F)cc2)Cc2ccc(O)cc21. The van der Waals surface area contributed by atoms with E-state index in [1.807, 2.05) is 0 Å². The highest BCUT2D eigenvalue weighted by molar-refractivity contribution is 6.15. The van der Waals surface area contributed by atoms with Crippen molar-refractivity contribution in [2.45, 2.75) is 12.6 Å². The Labute approximate surface area is 124 Å². The van der Waals surface area contributed by atoms with Crippen molar-refractivity contribution in [1.29, 1.82) is 0 Å². The van der Waals surface area contributed by atoms with Gasteiger partial charge in [0.05, 0.1) is 5.56 Å². The van der Waals surface area contributed by atoms with Crippen LogP contribution >= 0.6 is 0 Å². The summed E-state index contributed by atoms with van der Waals surface area (Å²) in [6.45, 7) is 0. The van der Waals surface area contributed by atoms with Crippen LogP contribution in [-0.2, 0) is 12.6 Å². The first-order chi connectivity index (χ1) is 10.3. The molecule has 0 fully saturated rings. The van der Waals surface area contributed by atoms with E-state index in [-0.39, 0.29) is 11.5 Å². The minimum absolute atomic E-state index is 0.0166. The number of halogens is 3. The van der Waals surface area contributed by atoms with Crippen LogP contribution in [0.2, 0.25) is 0 Å². The fraction of sp³-hybridized carbons (Fsp3) is 0.118. The van der Waals surface area contributed by atoms with Gasteiger partial charge >= 0.3 is 6.18 Å². The molecule has 2 aromatic rings. The number of hydrogen-bond acceptors (Lipinski definition) is 2. The molecule has 0 unspecified atom stereocenters. The van der Waals surface area contributed by atoms with E-state index < -0.39 is 11.7 Å². The average molecular weight is 304 g/mol. The van der Waals surface area contributed by atoms with Gasteiger partial charge in [0, 0.05) is 17.6 Å². The van der Waals surface area contributed by atoms with Gasteiger partial charge in [-0.15, -0.1) is 0 Å². The summed E-state index contributed by atoms with van der Waals surface area (Å²) in [7, 11) is 0. The Morgan fingerprint density at radius 3 is 2.36 bits per heavy atom. The van der Waals surface area contributed by atoms with E-state index >= 15 is 0 Å². The molecule has 1 N–H and O–H groups in total. The molecular formula is C17H11F3O2. The van der Waals surface area contributed by atoms with E-state index in [0.717, 1.165) is 17.7 Å². The molecule has 0 saturated heterocycles. The molecule has 112 valence electrons. The van der Waals surface area contributed by atoms with Gasteiger partial charge < -0.3 is 5.11 Å². The second-order valence-electron chi connectivity index (χ2n) is 5.14. The van der Waals surface area contributed by atoms with Crippen LogP contribution in [0.1, 0.15) is 27.0 Å². The molecule has 2 nitrogen and oxygen atoms in total. The summed E-state index contributed by atoms with van der Waals surface area (Å²) in [5, 5.41) is 9.42. The predicted octanol–water partition coefficient (Wildman–Crippen LogP) is 4.23. The normalized spacial score (nSPS) is 16.1. The van der Waals surface area contributed by atoms with Crippen molar-refractivity contribution in [2.75, 3.05) is 0 Å². The van der Waals surface area contributed by atoms with Crippen LogP contribution < -0.4 is 0 Å². The number of carbonyl (C=O) groups excluding carboxylic acids is 1. The quantitative estimate of drug-likeness (QED) is 0.800. The summed E-state index contributed by atoms with van der Waals surface area (Å²) >= 11 is 0. The van der Waals surface area contributed by atoms with Gasteiger partial charge in [-0.1, -0.05) is 18.2 Å². The van der Waals surface area contributed by atoms with Crippen molar-refractivity contribution in [3.8, 4) is 5.75 Å². The van der Waals surface area contributed by atoms with E-state index in [2.05, 4.69) is 0 Å². The molecule has 0 radical (unpaired) electrons. The number of carbonyl (C=O) groups is 1. The van der Waals surface area contributed by atoms with Crippen LogP contribution in [0, 0.1) is 0 Å². The van der Waals surface area contributed by atoms with Crippen molar-refractivity contribution in [1.82, 2.24) is 0 Å². The van der Waals surface area contributed by atoms with Gasteiger partial charge in [-0.3, -0.25) is 4.79 Å². The number of benzene rings is 2. The van der Waals surface area contributed by atoms with Crippen molar-refractivity contribution in [2.24, 2.45) is 0 Å². The summed E-state index contributed by atoms with van der Waals surface area (Å²) in [4.78, 5) is 12.2. The lowest BCUT2D eigenvalue weighted by molar-refractivity contribution is -0.137. The van der Waals surface area contributed by atoms with Gasteiger partial charge in [0.2, 0.25) is 0 Å². The van der Waals surface area contributed by atoms with E-state index in [1.165, 1.54) is 24.3 Å². The molecule has 3 rings (SSSR count). The minimum Gasteiger partial charge on any atom is -0.508 e. The lowest BCUT2D eigenvalue weighted by Gasteiger charge is -2.06. The maximum absolute atomic E-state index is 12.5. The molecule has 0 amide bonds. The highest BCUT2D eigenvalue weighted by Gasteiger charge is 2.30. The zero-order valence-corrected chi connectivity index (χ0v) is 11.3. The van der Waals surface area contributed by atoms with Crippen molar-refractivity contribution >= 4 is 11.9 Å². The summed E-state index contributed by atoms with van der Waals surface area (Å²) in [5.41, 5.74) is 1.56. The lowest BCUT2D eigenvalue weighted by Crippen LogP contribution is -2.04. The van der Waals surface area contributed by atoms with E-state index in [1.54, 1.807) is 12.1 Å². The van der Waals surface area contributed by atoms with Crippen LogP contribution in [0.4, 0.5) is 13.2 Å². The Morgan fingerprint density at radius 2 is 1.73 bits per heavy atom. The Kier molecular flexibility index (Phi) is 3.28. The Balaban J connectivity index is 1.90. The summed E-state index contributed by atoms with van der Waals surface area (Å²) < 4.78 is 37.5. The molecule has 0 atom stereocenters. The van der Waals surface area contributed by atoms with Gasteiger partial charge in [-0.05, 0) is 41.5 Å². The average Bonchev–Trinajstić information content (AvgIpc) is 2.75. The van der Waals surface area contributed by atoms with Crippen LogP contribution in [0.15, 0.2) is 48.0 Å². The number of allylic oxidation sites excluding steroid dienone is 1. The molecule has 0 bridgehead atoms. The number of phenols is 1. The molecule has 22 heavy (non-hydrogen) atoms. The second kappa shape index (κ2) is 5.02. The number of ketones is 1. The van der Waals surface area contributed by atoms with Crippen molar-refractivity contribution in [3.63, 3.8) is 0 Å². The van der Waals surface area contributed by atoms with Crippen LogP contribution in [0.3, 0.4) is 0 Å². The molecule has 5 heteroatoms. The summed E-state index contributed by atoms with van der Waals surface area (Å²) in [5.74, 6) is -0.186. The first-order valence-electron chi connectivity index (χ1n) is 6.59. The zero-order valence-electron chi connectivity index (χ0n) is 11.3. The first kappa shape index (κ1) is 14.4. The second-order valence-corrected chi connectivity index (χ2v) is 5.14. The van der Waals surface area contributed by atoms with Crippen LogP contribution in [0.5, 0.6) is 5.75 Å². The molecule has 1 aliphatic carbocycles. The standard InChI is InChI=1S/C17H11F3O2/c18-17(19,20)13-4-1-10(2-5-13)7-12-8-11-3-6-14(21)9-15(11)16(12)22/h1-7,9,21H,8H2. The number of Topliss-reactive ketones (excluding diaryl/α,β-unsaturated/α-hetero) is 1. The van der Waals surface area contributed by atoms with E-state index in [0.29, 0.717) is 23.1 Å². The molecule has 0 saturated carbocycles. The molecule has 0 spiro atoms. The minimum atomic E-state index is -4.37. The third-order valence-electron chi connectivity index (χ3n) is 3.59. The number of fused-ring (bicyclic) bond motifs is 1. The third kappa shape index (κ3) is 2.62. The first-order valence-corrected chi connectivity index (χ1v) is 6.59. The Hall–Kier alpha value is -2.56. The summed E-state index contributed by atoms with van der Waals surface area (Å²) in [6, 6.07) is 9.25. The topological polar surface area (TPSA) is 37.3 Å². The van der Waals surface area contributed by atoms with Crippen LogP contribution in [0.25, 0.3) is 6.08 Å². The number of phenolic OH excluding ortho intramolecular Hbond substituents is 1. The molecule has 2 aromatic carbocycles. The fourth-order valence-corrected chi connectivity index (χ4v) is 2.47. The highest BCUT2D eigenvalue weighted by atomic mass is 19.4. The number of alkyl halides is 3. The molecule has 0 aliphatic heterocycles. The Bertz CT molecular complexity index is 771. The number of aromatic hydroxyl groups is 1. The largest absolute Gasteiger partial charge is 0.508 e. The Morgan fingerprint density at radius 1 is 1.05 bits per heavy atom. The lowest BCUT2D eigenvalue weighted by atomic mass is 10.1. The van der Waals surface area contributed by atoms with Crippen molar-refractivity contribution < 1.29 is 23.1 Å². The smallest absolute Gasteiger partial charge is 0.416 e. The van der Waals surface area contributed by atoms with Gasteiger partial charge in [-0.2, -0.15) is 13.2 Å². The molecular weight excluding hydrogens is 293 g/mol.